The monoisotopic (exact) mass is 394 g/mol. The third-order valence-electron chi connectivity index (χ3n) is 4.78. The highest BCUT2D eigenvalue weighted by Crippen LogP contribution is 2.48. The number of benzene rings is 2. The van der Waals surface area contributed by atoms with Crippen LogP contribution in [0.3, 0.4) is 0 Å². The van der Waals surface area contributed by atoms with Crippen molar-refractivity contribution in [3.05, 3.63) is 64.2 Å². The van der Waals surface area contributed by atoms with Crippen LogP contribution < -0.4 is 9.47 Å². The molecule has 0 aliphatic carbocycles. The van der Waals surface area contributed by atoms with Crippen LogP contribution in [0.4, 0.5) is 0 Å². The van der Waals surface area contributed by atoms with Gasteiger partial charge in [-0.1, -0.05) is 23.8 Å². The Kier molecular flexibility index (Phi) is 5.42. The van der Waals surface area contributed by atoms with Crippen molar-refractivity contribution in [1.29, 1.82) is 0 Å². The van der Waals surface area contributed by atoms with Crippen LogP contribution >= 0.6 is 0 Å². The van der Waals surface area contributed by atoms with Gasteiger partial charge in [-0.25, -0.2) is 0 Å². The average Bonchev–Trinajstić information content (AvgIpc) is 2.65. The molecule has 0 amide bonds. The number of fused-ring (bicyclic) bond motifs is 1. The van der Waals surface area contributed by atoms with E-state index in [0.717, 1.165) is 5.57 Å². The standard InChI is InChI=1S/C24H26O5/c1-14(2)9-10-17-21(27)19(20(26)15-7-6-8-16(25)13-15)23(28-5)18-11-12-24(3,4)29-22(17)18/h6-9,11-13,25,27H,10H2,1-5H3. The highest BCUT2D eigenvalue weighted by molar-refractivity contribution is 6.14. The maximum atomic E-state index is 13.3. The lowest BCUT2D eigenvalue weighted by Crippen LogP contribution is -2.28. The number of phenolic OH excluding ortho intramolecular Hbond substituents is 2. The van der Waals surface area contributed by atoms with Crippen LogP contribution in [0.15, 0.2) is 42.0 Å². The summed E-state index contributed by atoms with van der Waals surface area (Å²) in [6.07, 6.45) is 6.13. The van der Waals surface area contributed by atoms with Crippen LogP contribution in [0, 0.1) is 0 Å². The first kappa shape index (κ1) is 20.5. The zero-order chi connectivity index (χ0) is 21.3. The van der Waals surface area contributed by atoms with Crippen molar-refractivity contribution in [2.24, 2.45) is 0 Å². The van der Waals surface area contributed by atoms with Crippen molar-refractivity contribution in [1.82, 2.24) is 0 Å². The molecule has 1 heterocycles. The molecular formula is C24H26O5. The number of phenols is 2. The minimum absolute atomic E-state index is 0.0259. The molecule has 2 aromatic rings. The fourth-order valence-electron chi connectivity index (χ4n) is 3.33. The van der Waals surface area contributed by atoms with Gasteiger partial charge in [-0.15, -0.1) is 0 Å². The fraction of sp³-hybridized carbons (Fsp3) is 0.292. The van der Waals surface area contributed by atoms with Gasteiger partial charge in [-0.3, -0.25) is 4.79 Å². The van der Waals surface area contributed by atoms with Crippen molar-refractivity contribution in [2.75, 3.05) is 7.11 Å². The fourth-order valence-corrected chi connectivity index (χ4v) is 3.33. The number of hydrogen-bond acceptors (Lipinski definition) is 5. The maximum absolute atomic E-state index is 13.3. The Bertz CT molecular complexity index is 1020. The van der Waals surface area contributed by atoms with E-state index in [0.29, 0.717) is 23.3 Å². The number of carbonyl (C=O) groups excluding carboxylic acids is 1. The topological polar surface area (TPSA) is 76.0 Å². The van der Waals surface area contributed by atoms with Gasteiger partial charge in [0.15, 0.2) is 0 Å². The summed E-state index contributed by atoms with van der Waals surface area (Å²) in [5.74, 6) is 0.129. The first-order chi connectivity index (χ1) is 13.6. The molecule has 1 aliphatic rings. The molecule has 2 aromatic carbocycles. The number of ketones is 1. The molecule has 0 saturated carbocycles. The van der Waals surface area contributed by atoms with Crippen molar-refractivity contribution in [2.45, 2.75) is 39.7 Å². The largest absolute Gasteiger partial charge is 0.508 e. The Morgan fingerprint density at radius 2 is 1.97 bits per heavy atom. The molecule has 0 bridgehead atoms. The van der Waals surface area contributed by atoms with E-state index < -0.39 is 11.4 Å². The molecule has 0 aromatic heterocycles. The normalized spacial score (nSPS) is 14.0. The lowest BCUT2D eigenvalue weighted by atomic mass is 9.90. The molecular weight excluding hydrogens is 368 g/mol. The van der Waals surface area contributed by atoms with E-state index in [4.69, 9.17) is 9.47 Å². The Morgan fingerprint density at radius 1 is 1.24 bits per heavy atom. The van der Waals surface area contributed by atoms with Crippen LogP contribution in [0.5, 0.6) is 23.0 Å². The van der Waals surface area contributed by atoms with Gasteiger partial charge in [-0.2, -0.15) is 0 Å². The summed E-state index contributed by atoms with van der Waals surface area (Å²) in [6, 6.07) is 6.03. The smallest absolute Gasteiger partial charge is 0.200 e. The second kappa shape index (κ2) is 7.66. The van der Waals surface area contributed by atoms with Crippen LogP contribution in [-0.2, 0) is 6.42 Å². The number of ether oxygens (including phenoxy) is 2. The van der Waals surface area contributed by atoms with Gasteiger partial charge >= 0.3 is 0 Å². The van der Waals surface area contributed by atoms with Crippen LogP contribution in [0.1, 0.15) is 54.7 Å². The molecule has 5 heteroatoms. The van der Waals surface area contributed by atoms with Crippen LogP contribution in [0.2, 0.25) is 0 Å². The van der Waals surface area contributed by atoms with Gasteiger partial charge in [0, 0.05) is 11.1 Å². The van der Waals surface area contributed by atoms with Gasteiger partial charge in [0.2, 0.25) is 5.78 Å². The predicted octanol–water partition coefficient (Wildman–Crippen LogP) is 5.03. The number of methoxy groups -OCH3 is 1. The average molecular weight is 394 g/mol. The summed E-state index contributed by atoms with van der Waals surface area (Å²) >= 11 is 0. The highest BCUT2D eigenvalue weighted by atomic mass is 16.5. The van der Waals surface area contributed by atoms with Gasteiger partial charge in [0.1, 0.15) is 34.2 Å². The van der Waals surface area contributed by atoms with E-state index >= 15 is 0 Å². The SMILES string of the molecule is COc1c2c(c(CC=C(C)C)c(O)c1C(=O)c1cccc(O)c1)OC(C)(C)C=C2. The third-order valence-corrected chi connectivity index (χ3v) is 4.78. The van der Waals surface area contributed by atoms with E-state index in [1.807, 2.05) is 45.9 Å². The number of aromatic hydroxyl groups is 2. The minimum Gasteiger partial charge on any atom is -0.508 e. The lowest BCUT2D eigenvalue weighted by molar-refractivity contribution is 0.103. The molecule has 2 N–H and O–H groups in total. The summed E-state index contributed by atoms with van der Waals surface area (Å²) in [4.78, 5) is 13.3. The van der Waals surface area contributed by atoms with Crippen LogP contribution in [0.25, 0.3) is 6.08 Å². The predicted molar refractivity (Wildman–Crippen MR) is 113 cm³/mol. The zero-order valence-electron chi connectivity index (χ0n) is 17.4. The molecule has 152 valence electrons. The molecule has 0 saturated heterocycles. The summed E-state index contributed by atoms with van der Waals surface area (Å²) in [5.41, 5.74) is 1.99. The van der Waals surface area contributed by atoms with E-state index in [9.17, 15) is 15.0 Å². The quantitative estimate of drug-likeness (QED) is 0.549. The Labute approximate surface area is 170 Å². The Morgan fingerprint density at radius 3 is 2.59 bits per heavy atom. The Hall–Kier alpha value is -3.21. The van der Waals surface area contributed by atoms with E-state index in [2.05, 4.69) is 0 Å². The van der Waals surface area contributed by atoms with E-state index in [1.54, 1.807) is 12.1 Å². The third kappa shape index (κ3) is 3.99. The molecule has 0 fully saturated rings. The molecule has 0 radical (unpaired) electrons. The van der Waals surface area contributed by atoms with Crippen molar-refractivity contribution < 1.29 is 24.5 Å². The van der Waals surface area contributed by atoms with Gasteiger partial charge in [-0.05, 0) is 58.4 Å². The highest BCUT2D eigenvalue weighted by Gasteiger charge is 2.33. The summed E-state index contributed by atoms with van der Waals surface area (Å²) < 4.78 is 11.7. The number of hydrogen-bond donors (Lipinski definition) is 2. The molecule has 1 aliphatic heterocycles. The molecule has 29 heavy (non-hydrogen) atoms. The molecule has 0 spiro atoms. The molecule has 0 atom stereocenters. The van der Waals surface area contributed by atoms with Gasteiger partial charge < -0.3 is 19.7 Å². The number of carbonyl (C=O) groups is 1. The maximum Gasteiger partial charge on any atom is 0.200 e. The number of rotatable bonds is 5. The summed E-state index contributed by atoms with van der Waals surface area (Å²) in [6.45, 7) is 7.78. The molecule has 3 rings (SSSR count). The van der Waals surface area contributed by atoms with Crippen molar-refractivity contribution in [3.63, 3.8) is 0 Å². The van der Waals surface area contributed by atoms with E-state index in [1.165, 1.54) is 19.2 Å². The second-order valence-corrected chi connectivity index (χ2v) is 7.88. The van der Waals surface area contributed by atoms with E-state index in [-0.39, 0.29) is 28.4 Å². The summed E-state index contributed by atoms with van der Waals surface area (Å²) in [5, 5.41) is 20.9. The first-order valence-corrected chi connectivity index (χ1v) is 9.45. The lowest BCUT2D eigenvalue weighted by Gasteiger charge is -2.31. The zero-order valence-corrected chi connectivity index (χ0v) is 17.4. The van der Waals surface area contributed by atoms with Gasteiger partial charge in [0.25, 0.3) is 0 Å². The van der Waals surface area contributed by atoms with Crippen molar-refractivity contribution in [3.8, 4) is 23.0 Å². The minimum atomic E-state index is -0.555. The second-order valence-electron chi connectivity index (χ2n) is 7.88. The van der Waals surface area contributed by atoms with Gasteiger partial charge in [0.05, 0.1) is 12.7 Å². The Balaban J connectivity index is 2.30. The number of allylic oxidation sites excluding steroid dienone is 2. The molecule has 5 nitrogen and oxygen atoms in total. The molecule has 0 unspecified atom stereocenters. The first-order valence-electron chi connectivity index (χ1n) is 9.45. The van der Waals surface area contributed by atoms with Crippen LogP contribution in [-0.4, -0.2) is 28.7 Å². The summed E-state index contributed by atoms with van der Waals surface area (Å²) in [7, 11) is 1.46. The van der Waals surface area contributed by atoms with Crippen molar-refractivity contribution >= 4 is 11.9 Å².